The van der Waals surface area contributed by atoms with E-state index in [4.69, 9.17) is 9.47 Å². The molecule has 1 fully saturated rings. The van der Waals surface area contributed by atoms with Crippen LogP contribution in [0.5, 0.6) is 5.75 Å². The minimum absolute atomic E-state index is 0.122. The number of methoxy groups -OCH3 is 2. The van der Waals surface area contributed by atoms with Gasteiger partial charge in [-0.2, -0.15) is 0 Å². The van der Waals surface area contributed by atoms with Crippen molar-refractivity contribution in [1.29, 1.82) is 0 Å². The molecule has 2 unspecified atom stereocenters. The molecule has 1 aliphatic heterocycles. The summed E-state index contributed by atoms with van der Waals surface area (Å²) in [6.45, 7) is 2.39. The van der Waals surface area contributed by atoms with Crippen LogP contribution in [0.25, 0.3) is 0 Å². The number of ether oxygens (including phenoxy) is 2. The van der Waals surface area contributed by atoms with E-state index in [0.717, 1.165) is 24.4 Å². The average Bonchev–Trinajstić information content (AvgIpc) is 3.05. The lowest BCUT2D eigenvalue weighted by molar-refractivity contribution is -0.145. The minimum Gasteiger partial charge on any atom is -0.497 e. The smallest absolute Gasteiger partial charge is 0.310 e. The Morgan fingerprint density at radius 3 is 2.58 bits per heavy atom. The van der Waals surface area contributed by atoms with Gasteiger partial charge in [0.15, 0.2) is 0 Å². The van der Waals surface area contributed by atoms with E-state index < -0.39 is 0 Å². The van der Waals surface area contributed by atoms with Crippen LogP contribution in [0.4, 0.5) is 0 Å². The quantitative estimate of drug-likeness (QED) is 0.792. The lowest BCUT2D eigenvalue weighted by atomic mass is 9.89. The summed E-state index contributed by atoms with van der Waals surface area (Å²) in [5.41, 5.74) is 2.38. The molecule has 126 valence electrons. The predicted molar refractivity (Wildman–Crippen MR) is 93.0 cm³/mol. The molecule has 2 aromatic rings. The summed E-state index contributed by atoms with van der Waals surface area (Å²) in [5.74, 6) is 0.651. The molecule has 4 nitrogen and oxygen atoms in total. The van der Waals surface area contributed by atoms with Gasteiger partial charge in [-0.25, -0.2) is 0 Å². The van der Waals surface area contributed by atoms with Gasteiger partial charge >= 0.3 is 5.97 Å². The van der Waals surface area contributed by atoms with Crippen LogP contribution < -0.4 is 4.74 Å². The third kappa shape index (κ3) is 3.60. The summed E-state index contributed by atoms with van der Waals surface area (Å²) in [6.07, 6.45) is 0. The standard InChI is InChI=1S/C20H23NO3/c1-23-17-10-6-9-16(11-17)18-13-21(14-19(18)20(22)24-2)12-15-7-4-3-5-8-15/h3-11,18-19H,12-14H2,1-2H3. The Bertz CT molecular complexity index is 686. The van der Waals surface area contributed by atoms with E-state index in [1.54, 1.807) is 7.11 Å². The molecular formula is C20H23NO3. The Labute approximate surface area is 143 Å². The van der Waals surface area contributed by atoms with Crippen molar-refractivity contribution in [2.45, 2.75) is 12.5 Å². The largest absolute Gasteiger partial charge is 0.497 e. The molecule has 0 bridgehead atoms. The molecule has 3 rings (SSSR count). The van der Waals surface area contributed by atoms with E-state index in [2.05, 4.69) is 23.1 Å². The molecule has 0 amide bonds. The maximum atomic E-state index is 12.3. The number of nitrogens with zero attached hydrogens (tertiary/aromatic N) is 1. The number of hydrogen-bond donors (Lipinski definition) is 0. The molecule has 1 aliphatic rings. The van der Waals surface area contributed by atoms with Gasteiger partial charge in [0.1, 0.15) is 5.75 Å². The Morgan fingerprint density at radius 1 is 1.08 bits per heavy atom. The van der Waals surface area contributed by atoms with Crippen molar-refractivity contribution in [2.75, 3.05) is 27.3 Å². The lowest BCUT2D eigenvalue weighted by Crippen LogP contribution is -2.24. The number of likely N-dealkylation sites (tertiary alicyclic amines) is 1. The van der Waals surface area contributed by atoms with Crippen LogP contribution in [-0.2, 0) is 16.1 Å². The van der Waals surface area contributed by atoms with Crippen LogP contribution in [0.2, 0.25) is 0 Å². The molecule has 1 heterocycles. The van der Waals surface area contributed by atoms with Gasteiger partial charge in [-0.1, -0.05) is 42.5 Å². The average molecular weight is 325 g/mol. The van der Waals surface area contributed by atoms with Gasteiger partial charge in [-0.3, -0.25) is 9.69 Å². The fourth-order valence-corrected chi connectivity index (χ4v) is 3.46. The predicted octanol–water partition coefficient (Wildman–Crippen LogP) is 3.08. The van der Waals surface area contributed by atoms with Crippen LogP contribution in [0.1, 0.15) is 17.0 Å². The highest BCUT2D eigenvalue weighted by Gasteiger charge is 2.39. The molecule has 4 heteroatoms. The molecule has 0 aromatic heterocycles. The molecule has 0 saturated carbocycles. The van der Waals surface area contributed by atoms with Crippen LogP contribution in [0, 0.1) is 5.92 Å². The Kier molecular flexibility index (Phi) is 5.16. The Morgan fingerprint density at radius 2 is 1.88 bits per heavy atom. The first-order valence-electron chi connectivity index (χ1n) is 8.19. The van der Waals surface area contributed by atoms with Crippen molar-refractivity contribution >= 4 is 5.97 Å². The summed E-state index contributed by atoms with van der Waals surface area (Å²) in [5, 5.41) is 0. The highest BCUT2D eigenvalue weighted by molar-refractivity contribution is 5.74. The molecule has 0 radical (unpaired) electrons. The fraction of sp³-hybridized carbons (Fsp3) is 0.350. The summed E-state index contributed by atoms with van der Waals surface area (Å²) in [4.78, 5) is 14.6. The van der Waals surface area contributed by atoms with Crippen molar-refractivity contribution in [3.8, 4) is 5.75 Å². The zero-order valence-electron chi connectivity index (χ0n) is 14.1. The van der Waals surface area contributed by atoms with Crippen LogP contribution in [-0.4, -0.2) is 38.2 Å². The van der Waals surface area contributed by atoms with Gasteiger partial charge in [-0.15, -0.1) is 0 Å². The number of benzene rings is 2. The Balaban J connectivity index is 1.81. The number of hydrogen-bond acceptors (Lipinski definition) is 4. The fourth-order valence-electron chi connectivity index (χ4n) is 3.46. The second-order valence-electron chi connectivity index (χ2n) is 6.19. The first kappa shape index (κ1) is 16.5. The maximum absolute atomic E-state index is 12.3. The summed E-state index contributed by atoms with van der Waals surface area (Å²) in [7, 11) is 3.12. The van der Waals surface area contributed by atoms with Gasteiger partial charge < -0.3 is 9.47 Å². The van der Waals surface area contributed by atoms with E-state index >= 15 is 0 Å². The summed E-state index contributed by atoms with van der Waals surface area (Å²) >= 11 is 0. The second-order valence-corrected chi connectivity index (χ2v) is 6.19. The molecule has 24 heavy (non-hydrogen) atoms. The van der Waals surface area contributed by atoms with Crippen molar-refractivity contribution in [3.63, 3.8) is 0 Å². The minimum atomic E-state index is -0.147. The number of carbonyl (C=O) groups excluding carboxylic acids is 1. The molecule has 0 spiro atoms. The van der Waals surface area contributed by atoms with E-state index in [1.165, 1.54) is 12.7 Å². The van der Waals surface area contributed by atoms with Crippen LogP contribution in [0.15, 0.2) is 54.6 Å². The number of rotatable bonds is 5. The SMILES string of the molecule is COC(=O)C1CN(Cc2ccccc2)CC1c1cccc(OC)c1. The van der Waals surface area contributed by atoms with E-state index in [-0.39, 0.29) is 17.8 Å². The molecule has 2 aromatic carbocycles. The normalized spacial score (nSPS) is 20.8. The van der Waals surface area contributed by atoms with Crippen molar-refractivity contribution in [1.82, 2.24) is 4.90 Å². The van der Waals surface area contributed by atoms with E-state index in [9.17, 15) is 4.79 Å². The summed E-state index contributed by atoms with van der Waals surface area (Å²) in [6, 6.07) is 18.3. The van der Waals surface area contributed by atoms with Gasteiger partial charge in [0.25, 0.3) is 0 Å². The van der Waals surface area contributed by atoms with E-state index in [1.807, 2.05) is 36.4 Å². The second kappa shape index (κ2) is 7.49. The molecule has 0 N–H and O–H groups in total. The number of carbonyl (C=O) groups is 1. The maximum Gasteiger partial charge on any atom is 0.310 e. The van der Waals surface area contributed by atoms with Crippen molar-refractivity contribution < 1.29 is 14.3 Å². The van der Waals surface area contributed by atoms with Crippen molar-refractivity contribution in [2.24, 2.45) is 5.92 Å². The first-order chi connectivity index (χ1) is 11.7. The highest BCUT2D eigenvalue weighted by atomic mass is 16.5. The lowest BCUT2D eigenvalue weighted by Gasteiger charge is -2.17. The molecular weight excluding hydrogens is 302 g/mol. The number of esters is 1. The van der Waals surface area contributed by atoms with Gasteiger partial charge in [0.2, 0.25) is 0 Å². The monoisotopic (exact) mass is 325 g/mol. The molecule has 1 saturated heterocycles. The Hall–Kier alpha value is -2.33. The zero-order valence-corrected chi connectivity index (χ0v) is 14.1. The third-order valence-corrected chi connectivity index (χ3v) is 4.67. The topological polar surface area (TPSA) is 38.8 Å². The first-order valence-corrected chi connectivity index (χ1v) is 8.19. The van der Waals surface area contributed by atoms with E-state index in [0.29, 0.717) is 6.54 Å². The van der Waals surface area contributed by atoms with Gasteiger partial charge in [-0.05, 0) is 23.3 Å². The van der Waals surface area contributed by atoms with Crippen LogP contribution >= 0.6 is 0 Å². The van der Waals surface area contributed by atoms with Crippen molar-refractivity contribution in [3.05, 3.63) is 65.7 Å². The summed E-state index contributed by atoms with van der Waals surface area (Å²) < 4.78 is 10.4. The molecule has 0 aliphatic carbocycles. The highest BCUT2D eigenvalue weighted by Crippen LogP contribution is 2.35. The zero-order chi connectivity index (χ0) is 16.9. The third-order valence-electron chi connectivity index (χ3n) is 4.67. The molecule has 2 atom stereocenters. The van der Waals surface area contributed by atoms with Gasteiger partial charge in [0.05, 0.1) is 20.1 Å². The van der Waals surface area contributed by atoms with Crippen LogP contribution in [0.3, 0.4) is 0 Å². The van der Waals surface area contributed by atoms with Gasteiger partial charge in [0, 0.05) is 25.6 Å².